The van der Waals surface area contributed by atoms with Gasteiger partial charge in [-0.25, -0.2) is 4.79 Å². The molecule has 0 amide bonds. The number of rotatable bonds is 2. The van der Waals surface area contributed by atoms with E-state index in [1.165, 1.54) is 5.56 Å². The molecule has 0 aliphatic rings. The molecule has 0 fully saturated rings. The Bertz CT molecular complexity index is 495. The Balaban J connectivity index is 0.000000686. The monoisotopic (exact) mass is 234 g/mol. The van der Waals surface area contributed by atoms with Crippen LogP contribution in [0, 0.1) is 0 Å². The van der Waals surface area contributed by atoms with Crippen molar-refractivity contribution in [3.63, 3.8) is 0 Å². The van der Waals surface area contributed by atoms with Crippen molar-refractivity contribution in [1.29, 1.82) is 0 Å². The lowest BCUT2D eigenvalue weighted by molar-refractivity contribution is 0.388. The maximum absolute atomic E-state index is 10.8. The molecule has 92 valence electrons. The van der Waals surface area contributed by atoms with Crippen LogP contribution in [0.25, 0.3) is 11.4 Å². The fraction of sp³-hybridized carbons (Fsp3) is 0.385. The molecule has 0 unspecified atom stereocenters. The molecule has 0 aliphatic heterocycles. The molecule has 0 aliphatic carbocycles. The van der Waals surface area contributed by atoms with Crippen molar-refractivity contribution in [2.75, 3.05) is 0 Å². The second kappa shape index (κ2) is 6.03. The van der Waals surface area contributed by atoms with E-state index in [9.17, 15) is 4.79 Å². The molecule has 1 aromatic heterocycles. The van der Waals surface area contributed by atoms with Gasteiger partial charge >= 0.3 is 5.76 Å². The molecular formula is C13H18N2O2. The number of benzene rings is 1. The summed E-state index contributed by atoms with van der Waals surface area (Å²) in [6.07, 6.45) is 0. The van der Waals surface area contributed by atoms with E-state index in [4.69, 9.17) is 0 Å². The quantitative estimate of drug-likeness (QED) is 0.868. The van der Waals surface area contributed by atoms with Gasteiger partial charge < -0.3 is 0 Å². The topological polar surface area (TPSA) is 58.9 Å². The van der Waals surface area contributed by atoms with E-state index in [-0.39, 0.29) is 0 Å². The second-order valence-corrected chi connectivity index (χ2v) is 3.72. The van der Waals surface area contributed by atoms with Crippen LogP contribution < -0.4 is 5.76 Å². The summed E-state index contributed by atoms with van der Waals surface area (Å²) in [5.74, 6) is 0.434. The van der Waals surface area contributed by atoms with Crippen molar-refractivity contribution in [2.45, 2.75) is 33.6 Å². The summed E-state index contributed by atoms with van der Waals surface area (Å²) in [5, 5.41) is 3.62. The van der Waals surface area contributed by atoms with Gasteiger partial charge in [0.2, 0.25) is 0 Å². The van der Waals surface area contributed by atoms with Crippen molar-refractivity contribution in [3.8, 4) is 11.4 Å². The van der Waals surface area contributed by atoms with Crippen molar-refractivity contribution in [1.82, 2.24) is 10.1 Å². The van der Waals surface area contributed by atoms with Gasteiger partial charge in [-0.3, -0.25) is 9.51 Å². The molecule has 2 aromatic rings. The third-order valence-electron chi connectivity index (χ3n) is 2.29. The zero-order chi connectivity index (χ0) is 12.8. The predicted molar refractivity (Wildman–Crippen MR) is 68.0 cm³/mol. The van der Waals surface area contributed by atoms with Gasteiger partial charge in [0.1, 0.15) is 0 Å². The van der Waals surface area contributed by atoms with Gasteiger partial charge in [-0.1, -0.05) is 57.1 Å². The van der Waals surface area contributed by atoms with Crippen molar-refractivity contribution in [2.24, 2.45) is 0 Å². The molecule has 4 nitrogen and oxygen atoms in total. The zero-order valence-electron chi connectivity index (χ0n) is 10.7. The van der Waals surface area contributed by atoms with E-state index < -0.39 is 5.76 Å². The highest BCUT2D eigenvalue weighted by atomic mass is 16.5. The van der Waals surface area contributed by atoms with Crippen LogP contribution >= 0.6 is 0 Å². The van der Waals surface area contributed by atoms with Crippen LogP contribution in [-0.2, 0) is 0 Å². The van der Waals surface area contributed by atoms with Crippen LogP contribution in [0.5, 0.6) is 0 Å². The van der Waals surface area contributed by atoms with Crippen LogP contribution in [-0.4, -0.2) is 10.1 Å². The Kier molecular flexibility index (Phi) is 4.69. The number of nitrogens with one attached hydrogen (secondary N) is 1. The van der Waals surface area contributed by atoms with Crippen LogP contribution in [0.15, 0.2) is 33.6 Å². The van der Waals surface area contributed by atoms with E-state index in [0.717, 1.165) is 5.56 Å². The number of aromatic nitrogens is 2. The molecular weight excluding hydrogens is 216 g/mol. The van der Waals surface area contributed by atoms with Crippen LogP contribution in [0.4, 0.5) is 0 Å². The first-order valence-electron chi connectivity index (χ1n) is 5.83. The first-order valence-corrected chi connectivity index (χ1v) is 5.83. The van der Waals surface area contributed by atoms with E-state index >= 15 is 0 Å². The minimum atomic E-state index is -0.530. The third kappa shape index (κ3) is 3.31. The lowest BCUT2D eigenvalue weighted by atomic mass is 10.0. The fourth-order valence-electron chi connectivity index (χ4n) is 1.38. The van der Waals surface area contributed by atoms with E-state index in [2.05, 4.69) is 28.5 Å². The second-order valence-electron chi connectivity index (χ2n) is 3.72. The van der Waals surface area contributed by atoms with Gasteiger partial charge in [-0.05, 0) is 11.5 Å². The number of hydrogen-bond acceptors (Lipinski definition) is 3. The summed E-state index contributed by atoms with van der Waals surface area (Å²) in [6.45, 7) is 8.26. The molecule has 0 saturated heterocycles. The number of aromatic amines is 1. The number of nitrogens with zero attached hydrogens (tertiary/aromatic N) is 1. The smallest absolute Gasteiger partial charge is 0.296 e. The van der Waals surface area contributed by atoms with Gasteiger partial charge in [0, 0.05) is 5.56 Å². The van der Waals surface area contributed by atoms with Crippen molar-refractivity contribution < 1.29 is 4.52 Å². The zero-order valence-corrected chi connectivity index (χ0v) is 10.7. The molecule has 0 atom stereocenters. The molecule has 0 spiro atoms. The van der Waals surface area contributed by atoms with Gasteiger partial charge in [0.25, 0.3) is 0 Å². The lowest BCUT2D eigenvalue weighted by Crippen LogP contribution is -1.95. The molecule has 17 heavy (non-hydrogen) atoms. The summed E-state index contributed by atoms with van der Waals surface area (Å²) in [7, 11) is 0. The molecule has 1 heterocycles. The highest BCUT2D eigenvalue weighted by Gasteiger charge is 2.04. The number of H-pyrrole nitrogens is 1. The molecule has 0 bridgehead atoms. The van der Waals surface area contributed by atoms with E-state index in [1.807, 2.05) is 38.1 Å². The van der Waals surface area contributed by atoms with Gasteiger partial charge in [0.15, 0.2) is 5.82 Å². The highest BCUT2D eigenvalue weighted by Crippen LogP contribution is 2.18. The Hall–Kier alpha value is -1.84. The molecule has 0 saturated carbocycles. The highest BCUT2D eigenvalue weighted by molar-refractivity contribution is 5.54. The average Bonchev–Trinajstić information content (AvgIpc) is 2.79. The van der Waals surface area contributed by atoms with Gasteiger partial charge in [-0.2, -0.15) is 0 Å². The van der Waals surface area contributed by atoms with Crippen molar-refractivity contribution in [3.05, 3.63) is 40.4 Å². The first-order chi connectivity index (χ1) is 8.16. The van der Waals surface area contributed by atoms with E-state index in [0.29, 0.717) is 11.7 Å². The van der Waals surface area contributed by atoms with Crippen LogP contribution in [0.3, 0.4) is 0 Å². The minimum absolute atomic E-state index is 0.468. The number of hydrogen-bond donors (Lipinski definition) is 1. The maximum Gasteiger partial charge on any atom is 0.439 e. The molecule has 1 aromatic carbocycles. The minimum Gasteiger partial charge on any atom is -0.296 e. The average molecular weight is 234 g/mol. The Morgan fingerprint density at radius 2 is 1.76 bits per heavy atom. The molecule has 0 radical (unpaired) electrons. The Morgan fingerprint density at radius 3 is 2.18 bits per heavy atom. The summed E-state index contributed by atoms with van der Waals surface area (Å²) >= 11 is 0. The summed E-state index contributed by atoms with van der Waals surface area (Å²) in [5.41, 5.74) is 2.11. The normalized spacial score (nSPS) is 9.94. The summed E-state index contributed by atoms with van der Waals surface area (Å²) < 4.78 is 4.44. The van der Waals surface area contributed by atoms with Crippen LogP contribution in [0.2, 0.25) is 0 Å². The lowest BCUT2D eigenvalue weighted by Gasteiger charge is -2.04. The summed E-state index contributed by atoms with van der Waals surface area (Å²) in [4.78, 5) is 13.3. The Morgan fingerprint density at radius 1 is 1.18 bits per heavy atom. The SMILES string of the molecule is CC.CC(C)c1ccc(-c2noc(=O)[nH]2)cc1. The van der Waals surface area contributed by atoms with E-state index in [1.54, 1.807) is 0 Å². The summed E-state index contributed by atoms with van der Waals surface area (Å²) in [6, 6.07) is 7.88. The Labute approximate surface area is 101 Å². The third-order valence-corrected chi connectivity index (χ3v) is 2.29. The predicted octanol–water partition coefficient (Wildman–Crippen LogP) is 3.18. The molecule has 4 heteroatoms. The largest absolute Gasteiger partial charge is 0.439 e. The maximum atomic E-state index is 10.8. The molecule has 2 rings (SSSR count). The fourth-order valence-corrected chi connectivity index (χ4v) is 1.38. The van der Waals surface area contributed by atoms with Gasteiger partial charge in [0.05, 0.1) is 0 Å². The molecule has 1 N–H and O–H groups in total. The van der Waals surface area contributed by atoms with Crippen molar-refractivity contribution >= 4 is 0 Å². The standard InChI is InChI=1S/C11H12N2O2.C2H6/c1-7(2)8-3-5-9(6-4-8)10-12-11(14)15-13-10;1-2/h3-7H,1-2H3,(H,12,13,14);1-2H3. The van der Waals surface area contributed by atoms with Crippen LogP contribution in [0.1, 0.15) is 39.2 Å². The van der Waals surface area contributed by atoms with Gasteiger partial charge in [-0.15, -0.1) is 0 Å². The first kappa shape index (κ1) is 13.2.